The second-order valence-corrected chi connectivity index (χ2v) is 13.7. The fourth-order valence-corrected chi connectivity index (χ4v) is 6.02. The average molecular weight is 625 g/mol. The van der Waals surface area contributed by atoms with Crippen LogP contribution in [0.3, 0.4) is 0 Å². The van der Waals surface area contributed by atoms with Gasteiger partial charge in [-0.05, 0) is 25.9 Å². The summed E-state index contributed by atoms with van der Waals surface area (Å²) < 4.78 is 0. The highest BCUT2D eigenvalue weighted by molar-refractivity contribution is 4.56. The van der Waals surface area contributed by atoms with Crippen LogP contribution in [-0.2, 0) is 0 Å². The molecule has 0 rings (SSSR count). The minimum atomic E-state index is 0.597. The van der Waals surface area contributed by atoms with Crippen LogP contribution in [0.2, 0.25) is 0 Å². The van der Waals surface area contributed by atoms with Crippen molar-refractivity contribution in [1.29, 1.82) is 0 Å². The molecule has 0 aromatic carbocycles. The Kier molecular flexibility index (Phi) is 49.4. The number of hydrogen-bond donors (Lipinski definition) is 4. The van der Waals surface area contributed by atoms with Gasteiger partial charge < -0.3 is 22.1 Å². The van der Waals surface area contributed by atoms with E-state index in [1.165, 1.54) is 219 Å². The molecule has 0 bridgehead atoms. The molecule has 4 nitrogen and oxygen atoms in total. The molecule has 0 radical (unpaired) electrons. The lowest BCUT2D eigenvalue weighted by molar-refractivity contribution is 0.517. The van der Waals surface area contributed by atoms with Gasteiger partial charge in [0, 0.05) is 26.2 Å². The molecule has 0 saturated heterocycles. The predicted molar refractivity (Wildman–Crippen MR) is 203 cm³/mol. The molecule has 4 heteroatoms. The van der Waals surface area contributed by atoms with Gasteiger partial charge in [-0.15, -0.1) is 0 Å². The maximum atomic E-state index is 4.90. The lowest BCUT2D eigenvalue weighted by Crippen LogP contribution is -2.28. The summed E-state index contributed by atoms with van der Waals surface area (Å²) >= 11 is 0. The number of nitrogens with one attached hydrogen (secondary N) is 2. The zero-order valence-electron chi connectivity index (χ0n) is 31.0. The first-order valence-electron chi connectivity index (χ1n) is 20.6. The first-order valence-corrected chi connectivity index (χ1v) is 20.6. The number of nitrogens with two attached hydrogens (primary N) is 2. The molecule has 0 spiro atoms. The van der Waals surface area contributed by atoms with Crippen LogP contribution in [0, 0.1) is 0 Å². The smallest absolute Gasteiger partial charge is 0.00767 e. The van der Waals surface area contributed by atoms with Gasteiger partial charge in [-0.25, -0.2) is 0 Å². The quantitative estimate of drug-likeness (QED) is 0.0515. The van der Waals surface area contributed by atoms with E-state index < -0.39 is 0 Å². The summed E-state index contributed by atoms with van der Waals surface area (Å²) in [4.78, 5) is 0. The minimum absolute atomic E-state index is 0.597. The molecular weight excluding hydrogens is 536 g/mol. The van der Waals surface area contributed by atoms with Crippen LogP contribution in [0.25, 0.3) is 0 Å². The number of rotatable bonds is 38. The van der Waals surface area contributed by atoms with Gasteiger partial charge in [-0.1, -0.05) is 206 Å². The van der Waals surface area contributed by atoms with Crippen LogP contribution in [0.15, 0.2) is 0 Å². The van der Waals surface area contributed by atoms with E-state index in [1.54, 1.807) is 0 Å². The van der Waals surface area contributed by atoms with Crippen LogP contribution >= 0.6 is 0 Å². The van der Waals surface area contributed by atoms with E-state index >= 15 is 0 Å². The molecule has 0 aromatic rings. The van der Waals surface area contributed by atoms with Gasteiger partial charge in [0.1, 0.15) is 0 Å². The summed E-state index contributed by atoms with van der Waals surface area (Å²) in [5.41, 5.74) is 9.81. The third-order valence-electron chi connectivity index (χ3n) is 9.06. The lowest BCUT2D eigenvalue weighted by Gasteiger charge is -2.07. The van der Waals surface area contributed by atoms with Crippen molar-refractivity contribution >= 4 is 0 Å². The maximum absolute atomic E-state index is 4.90. The molecule has 0 fully saturated rings. The highest BCUT2D eigenvalue weighted by atomic mass is 14.9. The Morgan fingerprint density at radius 3 is 0.614 bits per heavy atom. The molecule has 0 aromatic heterocycles. The summed E-state index contributed by atoms with van der Waals surface area (Å²) in [7, 11) is 0. The molecule has 0 aliphatic rings. The molecule has 44 heavy (non-hydrogen) atoms. The summed E-state index contributed by atoms with van der Waals surface area (Å²) in [6, 6.07) is 0. The average Bonchev–Trinajstić information content (AvgIpc) is 3.04. The third kappa shape index (κ3) is 48.7. The van der Waals surface area contributed by atoms with Gasteiger partial charge in [0.25, 0.3) is 0 Å². The molecule has 268 valence electrons. The molecule has 0 aliphatic carbocycles. The Labute approximate surface area is 280 Å². The predicted octanol–water partition coefficient (Wildman–Crippen LogP) is 11.6. The fraction of sp³-hybridized carbons (Fsp3) is 1.00. The summed E-state index contributed by atoms with van der Waals surface area (Å²) in [6.07, 6.45) is 46.4. The SMILES string of the molecule is CCCCCCCCCCCCCCCCCCNCCNCCCCCCCCCCCCCCCCCC.NCCN. The largest absolute Gasteiger partial charge is 0.329 e. The van der Waals surface area contributed by atoms with Crippen LogP contribution in [0.1, 0.15) is 219 Å². The Morgan fingerprint density at radius 1 is 0.250 bits per heavy atom. The van der Waals surface area contributed by atoms with E-state index in [4.69, 9.17) is 11.5 Å². The molecule has 0 aliphatic heterocycles. The topological polar surface area (TPSA) is 76.1 Å². The van der Waals surface area contributed by atoms with E-state index in [9.17, 15) is 0 Å². The monoisotopic (exact) mass is 625 g/mol. The van der Waals surface area contributed by atoms with E-state index in [-0.39, 0.29) is 0 Å². The molecule has 0 unspecified atom stereocenters. The molecule has 6 N–H and O–H groups in total. The van der Waals surface area contributed by atoms with Crippen LogP contribution < -0.4 is 22.1 Å². The van der Waals surface area contributed by atoms with E-state index in [0.717, 1.165) is 13.1 Å². The Bertz CT molecular complexity index is 405. The first kappa shape index (κ1) is 46.0. The second-order valence-electron chi connectivity index (χ2n) is 13.7. The van der Waals surface area contributed by atoms with Crippen molar-refractivity contribution in [1.82, 2.24) is 10.6 Å². The molecule has 0 saturated carbocycles. The highest BCUT2D eigenvalue weighted by Gasteiger charge is 1.97. The standard InChI is InChI=1S/C38H80N2.C2H8N2/c1-3-5-7-9-11-13-15-17-19-21-23-25-27-29-31-33-35-39-37-38-40-36-34-32-30-28-26-24-22-20-18-16-14-12-10-8-6-4-2;3-1-2-4/h39-40H,3-38H2,1-2H3;1-4H2. The van der Waals surface area contributed by atoms with Crippen molar-refractivity contribution in [2.75, 3.05) is 39.3 Å². The van der Waals surface area contributed by atoms with Crippen LogP contribution in [0.4, 0.5) is 0 Å². The normalized spacial score (nSPS) is 11.2. The zero-order valence-corrected chi connectivity index (χ0v) is 31.0. The van der Waals surface area contributed by atoms with E-state index in [1.807, 2.05) is 0 Å². The minimum Gasteiger partial charge on any atom is -0.329 e. The van der Waals surface area contributed by atoms with Gasteiger partial charge in [0.15, 0.2) is 0 Å². The van der Waals surface area contributed by atoms with Crippen molar-refractivity contribution in [3.63, 3.8) is 0 Å². The second kappa shape index (κ2) is 47.2. The Hall–Kier alpha value is -0.160. The van der Waals surface area contributed by atoms with E-state index in [2.05, 4.69) is 24.5 Å². The highest BCUT2D eigenvalue weighted by Crippen LogP contribution is 2.15. The van der Waals surface area contributed by atoms with E-state index in [0.29, 0.717) is 13.1 Å². The van der Waals surface area contributed by atoms with Crippen molar-refractivity contribution < 1.29 is 0 Å². The summed E-state index contributed by atoms with van der Waals surface area (Å²) in [5, 5.41) is 7.26. The first-order chi connectivity index (χ1) is 21.8. The molecule has 0 heterocycles. The molecule has 0 atom stereocenters. The van der Waals surface area contributed by atoms with Crippen molar-refractivity contribution in [3.05, 3.63) is 0 Å². The van der Waals surface area contributed by atoms with Crippen molar-refractivity contribution in [3.8, 4) is 0 Å². The van der Waals surface area contributed by atoms with Crippen molar-refractivity contribution in [2.24, 2.45) is 11.5 Å². The van der Waals surface area contributed by atoms with Gasteiger partial charge >= 0.3 is 0 Å². The lowest BCUT2D eigenvalue weighted by atomic mass is 10.0. The van der Waals surface area contributed by atoms with Gasteiger partial charge in [0.05, 0.1) is 0 Å². The summed E-state index contributed by atoms with van der Waals surface area (Å²) in [5.74, 6) is 0. The molecule has 0 amide bonds. The zero-order chi connectivity index (χ0) is 32.3. The van der Waals surface area contributed by atoms with Crippen LogP contribution in [-0.4, -0.2) is 39.3 Å². The Balaban J connectivity index is 0. The molecular formula is C40H88N4. The fourth-order valence-electron chi connectivity index (χ4n) is 6.02. The van der Waals surface area contributed by atoms with Crippen LogP contribution in [0.5, 0.6) is 0 Å². The maximum Gasteiger partial charge on any atom is 0.00767 e. The van der Waals surface area contributed by atoms with Crippen molar-refractivity contribution in [2.45, 2.75) is 219 Å². The van der Waals surface area contributed by atoms with Gasteiger partial charge in [0.2, 0.25) is 0 Å². The third-order valence-corrected chi connectivity index (χ3v) is 9.06. The Morgan fingerprint density at radius 2 is 0.432 bits per heavy atom. The number of unbranched alkanes of at least 4 members (excludes halogenated alkanes) is 30. The summed E-state index contributed by atoms with van der Waals surface area (Å²) in [6.45, 7) is 10.5. The number of hydrogen-bond acceptors (Lipinski definition) is 4. The van der Waals surface area contributed by atoms with Gasteiger partial charge in [-0.3, -0.25) is 0 Å². The van der Waals surface area contributed by atoms with Gasteiger partial charge in [-0.2, -0.15) is 0 Å².